The predicted molar refractivity (Wildman–Crippen MR) is 310 cm³/mol. The van der Waals surface area contributed by atoms with Crippen LogP contribution in [0.5, 0.6) is 0 Å². The van der Waals surface area contributed by atoms with Crippen molar-refractivity contribution in [3.8, 4) is 22.3 Å². The third-order valence-electron chi connectivity index (χ3n) is 16.1. The fourth-order valence-corrected chi connectivity index (χ4v) is 27.1. The molecule has 11 aromatic carbocycles. The molecular weight excluding hydrogens is 998 g/mol. The molecular formula is C66H48Ge2N2O2. The number of nitrogens with zero attached hydrogens (tertiary/aromatic N) is 2. The summed E-state index contributed by atoms with van der Waals surface area (Å²) in [5.74, 6) is 10.2. The Morgan fingerprint density at radius 1 is 0.306 bits per heavy atom. The monoisotopic (exact) mass is 1050 g/mol. The quantitative estimate of drug-likeness (QED) is 0.155. The molecule has 0 spiro atoms. The first-order valence-corrected chi connectivity index (χ1v) is 37.7. The zero-order valence-corrected chi connectivity index (χ0v) is 44.7. The minimum absolute atomic E-state index is 0.778. The number of rotatable bonds is 6. The van der Waals surface area contributed by atoms with Gasteiger partial charge in [0.2, 0.25) is 0 Å². The number of furan rings is 2. The van der Waals surface area contributed by atoms with Crippen molar-refractivity contribution in [3.63, 3.8) is 0 Å². The summed E-state index contributed by atoms with van der Waals surface area (Å²) < 4.78 is 20.0. The van der Waals surface area contributed by atoms with Crippen LogP contribution in [0.3, 0.4) is 0 Å². The van der Waals surface area contributed by atoms with Crippen LogP contribution in [0.15, 0.2) is 227 Å². The van der Waals surface area contributed by atoms with Crippen LogP contribution in [0.1, 0.15) is 0 Å². The van der Waals surface area contributed by atoms with Crippen LogP contribution in [-0.2, 0) is 0 Å². The van der Waals surface area contributed by atoms with Gasteiger partial charge in [-0.1, -0.05) is 0 Å². The molecule has 342 valence electrons. The second-order valence-corrected chi connectivity index (χ2v) is 38.9. The van der Waals surface area contributed by atoms with Crippen LogP contribution in [0.25, 0.3) is 87.7 Å². The van der Waals surface area contributed by atoms with Crippen LogP contribution >= 0.6 is 0 Å². The van der Waals surface area contributed by atoms with E-state index in [-0.39, 0.29) is 0 Å². The minimum atomic E-state index is -2.68. The molecule has 0 atom stereocenters. The van der Waals surface area contributed by atoms with Crippen LogP contribution < -0.4 is 27.4 Å². The molecule has 0 radical (unpaired) electrons. The van der Waals surface area contributed by atoms with Gasteiger partial charge in [0.25, 0.3) is 0 Å². The fourth-order valence-electron chi connectivity index (χ4n) is 12.8. The second-order valence-electron chi connectivity index (χ2n) is 20.9. The molecule has 2 aromatic heterocycles. The van der Waals surface area contributed by atoms with Crippen molar-refractivity contribution in [2.45, 2.75) is 23.0 Å². The number of hydrogen-bond donors (Lipinski definition) is 0. The molecule has 0 bridgehead atoms. The third kappa shape index (κ3) is 6.00. The molecule has 2 aliphatic heterocycles. The van der Waals surface area contributed by atoms with E-state index in [4.69, 9.17) is 8.83 Å². The Kier molecular flexibility index (Phi) is 8.95. The Morgan fingerprint density at radius 2 is 0.708 bits per heavy atom. The van der Waals surface area contributed by atoms with E-state index in [9.17, 15) is 0 Å². The normalized spacial score (nSPS) is 14.1. The Balaban J connectivity index is 0.848. The zero-order valence-electron chi connectivity index (χ0n) is 40.5. The van der Waals surface area contributed by atoms with E-state index >= 15 is 0 Å². The maximum absolute atomic E-state index is 6.92. The van der Waals surface area contributed by atoms with Crippen molar-refractivity contribution in [2.75, 3.05) is 9.80 Å². The van der Waals surface area contributed by atoms with Crippen molar-refractivity contribution in [2.24, 2.45) is 0 Å². The summed E-state index contributed by atoms with van der Waals surface area (Å²) in [6.07, 6.45) is 0. The van der Waals surface area contributed by atoms with E-state index < -0.39 is 26.5 Å². The molecule has 0 N–H and O–H groups in total. The van der Waals surface area contributed by atoms with Gasteiger partial charge in [0.1, 0.15) is 0 Å². The molecule has 0 aliphatic carbocycles. The van der Waals surface area contributed by atoms with Crippen LogP contribution in [0.2, 0.25) is 23.0 Å². The summed E-state index contributed by atoms with van der Waals surface area (Å²) >= 11 is -5.36. The Labute approximate surface area is 423 Å². The fraction of sp³-hybridized carbons (Fsp3) is 0.0606. The van der Waals surface area contributed by atoms with Gasteiger partial charge in [0.05, 0.1) is 0 Å². The van der Waals surface area contributed by atoms with Gasteiger partial charge in [-0.2, -0.15) is 0 Å². The van der Waals surface area contributed by atoms with Crippen LogP contribution in [0.4, 0.5) is 34.1 Å². The van der Waals surface area contributed by atoms with Gasteiger partial charge in [-0.3, -0.25) is 0 Å². The molecule has 0 saturated carbocycles. The molecule has 4 heterocycles. The van der Waals surface area contributed by atoms with Crippen molar-refractivity contribution in [1.29, 1.82) is 0 Å². The summed E-state index contributed by atoms with van der Waals surface area (Å²) in [7, 11) is 0. The first-order chi connectivity index (χ1) is 35.2. The van der Waals surface area contributed by atoms with E-state index in [1.54, 1.807) is 8.79 Å². The molecule has 0 fully saturated rings. The Bertz CT molecular complexity index is 4130. The average Bonchev–Trinajstić information content (AvgIpc) is 4.10. The summed E-state index contributed by atoms with van der Waals surface area (Å²) in [6.45, 7) is 0. The molecule has 4 nitrogen and oxygen atoms in total. The predicted octanol–water partition coefficient (Wildman–Crippen LogP) is 16.3. The van der Waals surface area contributed by atoms with E-state index in [1.807, 2.05) is 0 Å². The van der Waals surface area contributed by atoms with E-state index in [1.165, 1.54) is 53.2 Å². The zero-order chi connectivity index (χ0) is 48.0. The van der Waals surface area contributed by atoms with Crippen LogP contribution in [0, 0.1) is 0 Å². The van der Waals surface area contributed by atoms with Crippen molar-refractivity contribution >= 4 is 144 Å². The first-order valence-electron chi connectivity index (χ1n) is 25.1. The van der Waals surface area contributed by atoms with Gasteiger partial charge >= 0.3 is 426 Å². The maximum atomic E-state index is 6.92. The van der Waals surface area contributed by atoms with Gasteiger partial charge in [-0.25, -0.2) is 0 Å². The van der Waals surface area contributed by atoms with Crippen molar-refractivity contribution in [1.82, 2.24) is 0 Å². The molecule has 0 amide bonds. The first kappa shape index (κ1) is 42.0. The molecule has 15 rings (SSSR count). The summed E-state index contributed by atoms with van der Waals surface area (Å²) in [4.78, 5) is 4.94. The molecule has 0 unspecified atom stereocenters. The summed E-state index contributed by atoms with van der Waals surface area (Å²) in [5, 5.41) is 8.85. The number of benzene rings is 11. The Morgan fingerprint density at radius 3 is 1.15 bits per heavy atom. The number of hydrogen-bond acceptors (Lipinski definition) is 4. The van der Waals surface area contributed by atoms with Crippen LogP contribution in [-0.4, -0.2) is 26.5 Å². The number of fused-ring (bicyclic) bond motifs is 15. The third-order valence-corrected chi connectivity index (χ3v) is 31.0. The Hall–Kier alpha value is -7.77. The molecule has 72 heavy (non-hydrogen) atoms. The second kappa shape index (κ2) is 15.4. The van der Waals surface area contributed by atoms with Crippen molar-refractivity contribution in [3.05, 3.63) is 218 Å². The van der Waals surface area contributed by atoms with E-state index in [2.05, 4.69) is 251 Å². The van der Waals surface area contributed by atoms with Gasteiger partial charge in [-0.15, -0.1) is 0 Å². The SMILES string of the molecule is [CH3][Ge]1([CH3])[c]2ccccc2-c2cccc(N(c3ccccc3)c3ccc4cc5c(cc4c3)oc3c5ccc4c5cc6ccc(N(c7ccccc7)c7cccc8[c]7[Ge]([CH3])([CH3])[c]7ccccc7-8)cc6cc5oc43)[c]21. The average molecular weight is 1050 g/mol. The van der Waals surface area contributed by atoms with Crippen molar-refractivity contribution < 1.29 is 8.83 Å². The van der Waals surface area contributed by atoms with E-state index in [0.29, 0.717) is 0 Å². The standard InChI is InChI=1S/C66H48Ge2N2O2/c1-67(2)57-25-13-11-21-49(57)51-23-15-27-59(63(51)67)69(45-17-7-5-8-18-45)47-31-29-41-37-55-53-33-34-54-56-38-42-30-32-48(36-44(42)40-62(56)72-66(54)65(53)71-61(55)39-43(41)35-47)70(46-19-9-6-10-20-46)60-28-16-24-52-50-22-12-14-26-58(50)68(3,4)64(52)60/h5-40H,1-4H3. The number of anilines is 6. The molecule has 13 aromatic rings. The van der Waals surface area contributed by atoms with E-state index in [0.717, 1.165) is 77.4 Å². The van der Waals surface area contributed by atoms with Gasteiger partial charge in [-0.05, 0) is 0 Å². The summed E-state index contributed by atoms with van der Waals surface area (Å²) in [5.41, 5.74) is 15.9. The topological polar surface area (TPSA) is 32.8 Å². The molecule has 6 heteroatoms. The molecule has 2 aliphatic rings. The molecule has 0 saturated heterocycles. The van der Waals surface area contributed by atoms with Gasteiger partial charge < -0.3 is 0 Å². The number of para-hydroxylation sites is 2. The summed E-state index contributed by atoms with van der Waals surface area (Å²) in [6, 6.07) is 80.8. The van der Waals surface area contributed by atoms with Gasteiger partial charge in [0, 0.05) is 0 Å². The van der Waals surface area contributed by atoms with Gasteiger partial charge in [0.15, 0.2) is 0 Å².